The molecular formula is C19H28N2O4S. The van der Waals surface area contributed by atoms with E-state index in [4.69, 9.17) is 9.47 Å². The van der Waals surface area contributed by atoms with Gasteiger partial charge in [-0.1, -0.05) is 19.9 Å². The molecule has 144 valence electrons. The average molecular weight is 381 g/mol. The zero-order chi connectivity index (χ0) is 19.3. The Morgan fingerprint density at radius 3 is 2.54 bits per heavy atom. The highest BCUT2D eigenvalue weighted by Gasteiger charge is 2.42. The number of rotatable bonds is 7. The summed E-state index contributed by atoms with van der Waals surface area (Å²) in [5.41, 5.74) is 0.924. The molecule has 0 aromatic heterocycles. The van der Waals surface area contributed by atoms with E-state index in [9.17, 15) is 9.59 Å². The van der Waals surface area contributed by atoms with Crippen LogP contribution in [0.5, 0.6) is 11.5 Å². The third kappa shape index (κ3) is 4.26. The summed E-state index contributed by atoms with van der Waals surface area (Å²) >= 11 is 1.60. The molecule has 3 unspecified atom stereocenters. The molecule has 0 radical (unpaired) electrons. The van der Waals surface area contributed by atoms with Crippen molar-refractivity contribution >= 4 is 23.6 Å². The van der Waals surface area contributed by atoms with Gasteiger partial charge in [-0.05, 0) is 31.0 Å². The molecule has 1 heterocycles. The first-order chi connectivity index (χ1) is 12.5. The van der Waals surface area contributed by atoms with Crippen LogP contribution in [0, 0.1) is 0 Å². The molecule has 3 atom stereocenters. The molecule has 1 saturated heterocycles. The summed E-state index contributed by atoms with van der Waals surface area (Å²) in [6.07, 6.45) is 1.21. The minimum Gasteiger partial charge on any atom is -0.493 e. The largest absolute Gasteiger partial charge is 0.493 e. The van der Waals surface area contributed by atoms with Crippen molar-refractivity contribution in [1.29, 1.82) is 0 Å². The zero-order valence-electron chi connectivity index (χ0n) is 16.1. The van der Waals surface area contributed by atoms with Gasteiger partial charge in [0, 0.05) is 18.2 Å². The molecule has 1 aromatic carbocycles. The number of thioether (sulfide) groups is 1. The Morgan fingerprint density at radius 1 is 1.27 bits per heavy atom. The van der Waals surface area contributed by atoms with Crippen molar-refractivity contribution in [2.75, 3.05) is 20.0 Å². The first-order valence-electron chi connectivity index (χ1n) is 8.91. The maximum atomic E-state index is 12.7. The third-order valence-electron chi connectivity index (χ3n) is 4.59. The second-order valence-corrected chi connectivity index (χ2v) is 7.40. The molecule has 1 aliphatic heterocycles. The number of hydrogen-bond acceptors (Lipinski definition) is 5. The Labute approximate surface area is 159 Å². The Kier molecular flexibility index (Phi) is 7.20. The summed E-state index contributed by atoms with van der Waals surface area (Å²) in [7, 11) is 3.17. The van der Waals surface area contributed by atoms with Gasteiger partial charge in [0.1, 0.15) is 11.4 Å². The molecule has 1 N–H and O–H groups in total. The molecule has 2 rings (SSSR count). The van der Waals surface area contributed by atoms with Crippen molar-refractivity contribution in [3.8, 4) is 11.5 Å². The minimum absolute atomic E-state index is 0.0286. The van der Waals surface area contributed by atoms with E-state index in [2.05, 4.69) is 5.32 Å². The van der Waals surface area contributed by atoms with Crippen molar-refractivity contribution in [3.63, 3.8) is 0 Å². The number of carbonyl (C=O) groups is 2. The van der Waals surface area contributed by atoms with Gasteiger partial charge < -0.3 is 19.7 Å². The Morgan fingerprint density at radius 2 is 1.96 bits per heavy atom. The fraction of sp³-hybridized carbons (Fsp3) is 0.579. The number of carbonyl (C=O) groups excluding carboxylic acids is 2. The second-order valence-electron chi connectivity index (χ2n) is 6.29. The molecule has 0 spiro atoms. The molecular weight excluding hydrogens is 352 g/mol. The first kappa shape index (κ1) is 20.4. The third-order valence-corrected chi connectivity index (χ3v) is 5.91. The number of nitrogens with one attached hydrogen (secondary N) is 1. The molecule has 1 fully saturated rings. The molecule has 0 bridgehead atoms. The normalized spacial score (nSPS) is 20.6. The van der Waals surface area contributed by atoms with E-state index in [-0.39, 0.29) is 23.2 Å². The van der Waals surface area contributed by atoms with Gasteiger partial charge >= 0.3 is 0 Å². The highest BCUT2D eigenvalue weighted by molar-refractivity contribution is 7.99. The van der Waals surface area contributed by atoms with Crippen LogP contribution < -0.4 is 14.8 Å². The van der Waals surface area contributed by atoms with Gasteiger partial charge in [-0.25, -0.2) is 0 Å². The molecule has 26 heavy (non-hydrogen) atoms. The average Bonchev–Trinajstić information content (AvgIpc) is 3.11. The van der Waals surface area contributed by atoms with Gasteiger partial charge in [-0.15, -0.1) is 11.8 Å². The summed E-state index contributed by atoms with van der Waals surface area (Å²) in [5, 5.41) is 2.79. The van der Waals surface area contributed by atoms with E-state index < -0.39 is 6.04 Å². The topological polar surface area (TPSA) is 67.9 Å². The fourth-order valence-electron chi connectivity index (χ4n) is 2.90. The summed E-state index contributed by atoms with van der Waals surface area (Å²) in [5.74, 6) is 1.71. The van der Waals surface area contributed by atoms with Crippen LogP contribution >= 0.6 is 11.8 Å². The quantitative estimate of drug-likeness (QED) is 0.788. The molecule has 7 heteroatoms. The van der Waals surface area contributed by atoms with Gasteiger partial charge in [-0.3, -0.25) is 9.59 Å². The van der Waals surface area contributed by atoms with Crippen molar-refractivity contribution in [2.24, 2.45) is 0 Å². The highest BCUT2D eigenvalue weighted by Crippen LogP contribution is 2.44. The Balaban J connectivity index is 2.31. The maximum Gasteiger partial charge on any atom is 0.243 e. The van der Waals surface area contributed by atoms with E-state index in [1.807, 2.05) is 39.0 Å². The van der Waals surface area contributed by atoms with Crippen LogP contribution in [0.2, 0.25) is 0 Å². The van der Waals surface area contributed by atoms with Crippen LogP contribution in [0.1, 0.15) is 44.6 Å². The van der Waals surface area contributed by atoms with Crippen molar-refractivity contribution < 1.29 is 19.1 Å². The summed E-state index contributed by atoms with van der Waals surface area (Å²) in [4.78, 5) is 27.0. The van der Waals surface area contributed by atoms with E-state index >= 15 is 0 Å². The highest BCUT2D eigenvalue weighted by atomic mass is 32.2. The van der Waals surface area contributed by atoms with Gasteiger partial charge in [-0.2, -0.15) is 0 Å². The summed E-state index contributed by atoms with van der Waals surface area (Å²) in [6.45, 7) is 5.81. The van der Waals surface area contributed by atoms with Crippen molar-refractivity contribution in [3.05, 3.63) is 23.8 Å². The van der Waals surface area contributed by atoms with Crippen molar-refractivity contribution in [1.82, 2.24) is 10.2 Å². The van der Waals surface area contributed by atoms with Gasteiger partial charge in [0.2, 0.25) is 11.8 Å². The number of nitrogens with zero attached hydrogens (tertiary/aromatic N) is 1. The molecule has 0 aliphatic carbocycles. The van der Waals surface area contributed by atoms with Gasteiger partial charge in [0.15, 0.2) is 11.5 Å². The zero-order valence-corrected chi connectivity index (χ0v) is 16.9. The standard InChI is InChI=1S/C19H28N2O4S/c1-6-12(3)20-18(23)14-11-26-19(21(14)17(22)7-2)13-8-9-15(24-4)16(10-13)25-5/h8-10,12,14,19H,6-7,11H2,1-5H3,(H,20,23). The number of hydrogen-bond donors (Lipinski definition) is 1. The number of benzene rings is 1. The maximum absolute atomic E-state index is 12.7. The van der Waals surface area contributed by atoms with E-state index in [1.54, 1.807) is 30.9 Å². The molecule has 0 saturated carbocycles. The predicted molar refractivity (Wildman–Crippen MR) is 104 cm³/mol. The Hall–Kier alpha value is -1.89. The number of amides is 2. The fourth-order valence-corrected chi connectivity index (χ4v) is 4.34. The summed E-state index contributed by atoms with van der Waals surface area (Å²) < 4.78 is 10.7. The van der Waals surface area contributed by atoms with Gasteiger partial charge in [0.25, 0.3) is 0 Å². The lowest BCUT2D eigenvalue weighted by atomic mass is 10.1. The van der Waals surface area contributed by atoms with Crippen LogP contribution in [0.4, 0.5) is 0 Å². The van der Waals surface area contributed by atoms with Crippen molar-refractivity contribution in [2.45, 2.75) is 51.1 Å². The van der Waals surface area contributed by atoms with Crippen LogP contribution in [-0.4, -0.2) is 48.8 Å². The number of ether oxygens (including phenoxy) is 2. The summed E-state index contributed by atoms with van der Waals surface area (Å²) in [6, 6.07) is 5.26. The van der Waals surface area contributed by atoms with Crippen LogP contribution in [0.25, 0.3) is 0 Å². The van der Waals surface area contributed by atoms with E-state index in [0.29, 0.717) is 23.7 Å². The SMILES string of the molecule is CCC(=O)N1C(C(=O)NC(C)CC)CSC1c1ccc(OC)c(OC)c1. The lowest BCUT2D eigenvalue weighted by molar-refractivity contribution is -0.139. The van der Waals surface area contributed by atoms with Crippen LogP contribution in [0.3, 0.4) is 0 Å². The van der Waals surface area contributed by atoms with E-state index in [0.717, 1.165) is 12.0 Å². The molecule has 6 nitrogen and oxygen atoms in total. The second kappa shape index (κ2) is 9.16. The molecule has 2 amide bonds. The first-order valence-corrected chi connectivity index (χ1v) is 9.96. The monoisotopic (exact) mass is 380 g/mol. The van der Waals surface area contributed by atoms with Gasteiger partial charge in [0.05, 0.1) is 14.2 Å². The number of methoxy groups -OCH3 is 2. The smallest absolute Gasteiger partial charge is 0.243 e. The Bertz CT molecular complexity index is 652. The molecule has 1 aromatic rings. The minimum atomic E-state index is -0.459. The predicted octanol–water partition coefficient (Wildman–Crippen LogP) is 2.97. The van der Waals surface area contributed by atoms with Crippen LogP contribution in [-0.2, 0) is 9.59 Å². The lowest BCUT2D eigenvalue weighted by Crippen LogP contribution is -2.49. The molecule has 1 aliphatic rings. The lowest BCUT2D eigenvalue weighted by Gasteiger charge is -2.29. The van der Waals surface area contributed by atoms with Crippen LogP contribution in [0.15, 0.2) is 18.2 Å². The van der Waals surface area contributed by atoms with E-state index in [1.165, 1.54) is 0 Å².